The van der Waals surface area contributed by atoms with Crippen LogP contribution < -0.4 is 0 Å². The van der Waals surface area contributed by atoms with Crippen LogP contribution in [0.15, 0.2) is 91.0 Å². The Bertz CT molecular complexity index is 676. The van der Waals surface area contributed by atoms with Crippen molar-refractivity contribution >= 4 is 36.3 Å². The molecular formula is C23H23Br2P. The molecular weight excluding hydrogens is 467 g/mol. The van der Waals surface area contributed by atoms with E-state index in [1.165, 1.54) is 35.7 Å². The number of unbranched alkanes of at least 4 members (excludes halogenated alkanes) is 1. The van der Waals surface area contributed by atoms with Crippen LogP contribution in [-0.4, -0.2) is 6.16 Å². The molecule has 0 N–H and O–H groups in total. The number of halogens is 2. The van der Waals surface area contributed by atoms with Crippen molar-refractivity contribution in [2.24, 2.45) is 0 Å². The van der Waals surface area contributed by atoms with Gasteiger partial charge in [-0.15, -0.1) is 0 Å². The van der Waals surface area contributed by atoms with Crippen LogP contribution in [0.4, 0.5) is 0 Å². The Kier molecular flexibility index (Phi) is 7.49. The van der Waals surface area contributed by atoms with Crippen molar-refractivity contribution in [3.05, 3.63) is 108 Å². The van der Waals surface area contributed by atoms with Crippen LogP contribution in [0, 0.1) is 0 Å². The van der Waals surface area contributed by atoms with Crippen LogP contribution in [0.25, 0.3) is 0 Å². The summed E-state index contributed by atoms with van der Waals surface area (Å²) in [6.45, 7) is 0. The van der Waals surface area contributed by atoms with Gasteiger partial charge in [-0.3, -0.25) is 0 Å². The monoisotopic (exact) mass is 488 g/mol. The van der Waals surface area contributed by atoms with E-state index < -0.39 is 0 Å². The summed E-state index contributed by atoms with van der Waals surface area (Å²) in [5.41, 5.74) is 4.01. The van der Waals surface area contributed by atoms with Crippen molar-refractivity contribution in [3.8, 4) is 0 Å². The van der Waals surface area contributed by atoms with Gasteiger partial charge in [-0.1, -0.05) is 97.4 Å². The van der Waals surface area contributed by atoms with Crippen LogP contribution in [0.3, 0.4) is 0 Å². The zero-order valence-electron chi connectivity index (χ0n) is 14.7. The first kappa shape index (κ1) is 19.8. The van der Waals surface area contributed by atoms with E-state index in [4.69, 9.17) is 0 Å². The van der Waals surface area contributed by atoms with Gasteiger partial charge < -0.3 is 0 Å². The lowest BCUT2D eigenvalue weighted by molar-refractivity contribution is 0.529. The standard InChI is InChI=1S/C23H23Br2P/c24-26(25)19-11-10-18-23(20-12-4-1-5-13-20,21-14-6-2-7-15-21)22-16-8-3-9-17-22/h1-9,12-17H,10-11,18-19H2. The number of hydrogen-bond donors (Lipinski definition) is 0. The summed E-state index contributed by atoms with van der Waals surface area (Å²) < 4.78 is 0. The maximum atomic E-state index is 3.67. The highest BCUT2D eigenvalue weighted by molar-refractivity contribution is 9.69. The van der Waals surface area contributed by atoms with E-state index in [0.717, 1.165) is 6.42 Å². The molecule has 0 radical (unpaired) electrons. The minimum absolute atomic E-state index is 0.106. The Labute approximate surface area is 174 Å². The quantitative estimate of drug-likeness (QED) is 0.169. The van der Waals surface area contributed by atoms with Crippen molar-refractivity contribution in [1.29, 1.82) is 0 Å². The molecule has 0 fully saturated rings. The highest BCUT2D eigenvalue weighted by Crippen LogP contribution is 2.53. The summed E-state index contributed by atoms with van der Waals surface area (Å²) >= 11 is 7.34. The van der Waals surface area contributed by atoms with Crippen LogP contribution in [0.2, 0.25) is 0 Å². The summed E-state index contributed by atoms with van der Waals surface area (Å²) in [7, 11) is 0. The highest BCUT2D eigenvalue weighted by atomic mass is 79.9. The molecule has 0 saturated carbocycles. The fourth-order valence-corrected chi connectivity index (χ4v) is 5.69. The second kappa shape index (κ2) is 9.83. The lowest BCUT2D eigenvalue weighted by Gasteiger charge is -2.36. The van der Waals surface area contributed by atoms with Gasteiger partial charge in [0.15, 0.2) is 0 Å². The van der Waals surface area contributed by atoms with Crippen molar-refractivity contribution < 1.29 is 0 Å². The molecule has 0 amide bonds. The van der Waals surface area contributed by atoms with Crippen LogP contribution in [0.5, 0.6) is 0 Å². The highest BCUT2D eigenvalue weighted by Gasteiger charge is 2.35. The van der Waals surface area contributed by atoms with Gasteiger partial charge in [0.25, 0.3) is 0 Å². The maximum Gasteiger partial charge on any atom is 0.0451 e. The van der Waals surface area contributed by atoms with E-state index in [2.05, 4.69) is 122 Å². The first-order valence-electron chi connectivity index (χ1n) is 8.99. The van der Waals surface area contributed by atoms with E-state index in [-0.39, 0.29) is 10.7 Å². The van der Waals surface area contributed by atoms with Crippen molar-refractivity contribution in [1.82, 2.24) is 0 Å². The second-order valence-electron chi connectivity index (χ2n) is 6.49. The summed E-state index contributed by atoms with van der Waals surface area (Å²) in [4.78, 5) is 0. The molecule has 0 saturated heterocycles. The smallest absolute Gasteiger partial charge is 0.0451 e. The van der Waals surface area contributed by atoms with E-state index in [9.17, 15) is 0 Å². The third kappa shape index (κ3) is 4.66. The van der Waals surface area contributed by atoms with E-state index in [1.54, 1.807) is 0 Å². The van der Waals surface area contributed by atoms with Gasteiger partial charge in [0.05, 0.1) is 0 Å². The predicted molar refractivity (Wildman–Crippen MR) is 123 cm³/mol. The number of benzene rings is 3. The Morgan fingerprint density at radius 2 is 0.962 bits per heavy atom. The third-order valence-electron chi connectivity index (χ3n) is 4.93. The molecule has 0 aliphatic rings. The number of rotatable bonds is 8. The molecule has 0 nitrogen and oxygen atoms in total. The summed E-state index contributed by atoms with van der Waals surface area (Å²) in [6.07, 6.45) is 4.71. The zero-order valence-corrected chi connectivity index (χ0v) is 18.8. The fourth-order valence-electron chi connectivity index (χ4n) is 3.72. The average Bonchev–Trinajstić information content (AvgIpc) is 2.70. The summed E-state index contributed by atoms with van der Waals surface area (Å²) in [6, 6.07) is 32.9. The topological polar surface area (TPSA) is 0 Å². The first-order chi connectivity index (χ1) is 12.7. The molecule has 0 bridgehead atoms. The summed E-state index contributed by atoms with van der Waals surface area (Å²) in [5, 5.41) is -0.186. The lowest BCUT2D eigenvalue weighted by atomic mass is 9.66. The lowest BCUT2D eigenvalue weighted by Crippen LogP contribution is -2.29. The second-order valence-corrected chi connectivity index (χ2v) is 15.5. The molecule has 3 rings (SSSR count). The number of hydrogen-bond acceptors (Lipinski definition) is 0. The first-order valence-corrected chi connectivity index (χ1v) is 14.6. The molecule has 0 aromatic heterocycles. The van der Waals surface area contributed by atoms with Crippen LogP contribution in [0.1, 0.15) is 36.0 Å². The molecule has 0 aliphatic carbocycles. The van der Waals surface area contributed by atoms with Crippen LogP contribution >= 0.6 is 36.3 Å². The van der Waals surface area contributed by atoms with Crippen molar-refractivity contribution in [3.63, 3.8) is 0 Å². The molecule has 0 spiro atoms. The molecule has 134 valence electrons. The minimum Gasteiger partial charge on any atom is -0.0622 e. The van der Waals surface area contributed by atoms with Gasteiger partial charge in [-0.2, -0.15) is 0 Å². The Morgan fingerprint density at radius 1 is 0.577 bits per heavy atom. The van der Waals surface area contributed by atoms with Gasteiger partial charge in [0.1, 0.15) is 0 Å². The molecule has 26 heavy (non-hydrogen) atoms. The zero-order chi connectivity index (χ0) is 18.2. The summed E-state index contributed by atoms with van der Waals surface area (Å²) in [5.74, 6) is 0. The van der Waals surface area contributed by atoms with Crippen molar-refractivity contribution in [2.75, 3.05) is 6.16 Å². The molecule has 0 unspecified atom stereocenters. The van der Waals surface area contributed by atoms with E-state index >= 15 is 0 Å². The molecule has 0 atom stereocenters. The van der Waals surface area contributed by atoms with Gasteiger partial charge in [0.2, 0.25) is 0 Å². The molecule has 3 aromatic rings. The van der Waals surface area contributed by atoms with Gasteiger partial charge in [-0.05, 0) is 66.7 Å². The normalized spacial score (nSPS) is 11.7. The molecule has 3 aromatic carbocycles. The van der Waals surface area contributed by atoms with Crippen LogP contribution in [-0.2, 0) is 5.41 Å². The molecule has 0 heterocycles. The molecule has 0 aliphatic heterocycles. The third-order valence-corrected chi connectivity index (χ3v) is 7.71. The fraction of sp³-hybridized carbons (Fsp3) is 0.217. The largest absolute Gasteiger partial charge is 0.0622 e. The maximum absolute atomic E-state index is 3.67. The van der Waals surface area contributed by atoms with E-state index in [1.807, 2.05) is 0 Å². The SMILES string of the molecule is BrP(Br)CCCCC(c1ccccc1)(c1ccccc1)c1ccccc1. The van der Waals surface area contributed by atoms with Gasteiger partial charge in [0, 0.05) is 10.7 Å². The molecule has 3 heteroatoms. The van der Waals surface area contributed by atoms with Gasteiger partial charge in [-0.25, -0.2) is 0 Å². The Morgan fingerprint density at radius 3 is 1.31 bits per heavy atom. The van der Waals surface area contributed by atoms with Gasteiger partial charge >= 0.3 is 0 Å². The van der Waals surface area contributed by atoms with E-state index in [0.29, 0.717) is 0 Å². The van der Waals surface area contributed by atoms with Crippen molar-refractivity contribution in [2.45, 2.75) is 24.7 Å². The minimum atomic E-state index is -0.186. The average molecular weight is 490 g/mol. The predicted octanol–water partition coefficient (Wildman–Crippen LogP) is 8.29. The Hall–Kier alpha value is -0.950. The Balaban J connectivity index is 2.09.